The second kappa shape index (κ2) is 6.82. The maximum atomic E-state index is 11.2. The number of carboxylic acids is 1. The first-order chi connectivity index (χ1) is 8.09. The zero-order valence-electron chi connectivity index (χ0n) is 8.72. The fraction of sp³-hybridized carbons (Fsp3) is 0.0909. The highest BCUT2D eigenvalue weighted by Crippen LogP contribution is 2.16. The van der Waals surface area contributed by atoms with Gasteiger partial charge in [0.15, 0.2) is 6.61 Å². The van der Waals surface area contributed by atoms with Gasteiger partial charge in [-0.15, -0.1) is 0 Å². The molecule has 2 N–H and O–H groups in total. The van der Waals surface area contributed by atoms with Crippen LogP contribution in [0.4, 0.5) is 0 Å². The second-order valence-corrected chi connectivity index (χ2v) is 3.86. The fourth-order valence-corrected chi connectivity index (χ4v) is 1.40. The van der Waals surface area contributed by atoms with Crippen LogP contribution in [0.25, 0.3) is 6.08 Å². The summed E-state index contributed by atoms with van der Waals surface area (Å²) in [5, 5.41) is 8.27. The summed E-state index contributed by atoms with van der Waals surface area (Å²) in [5.41, 5.74) is 2.82. The van der Waals surface area contributed by atoms with Gasteiger partial charge in [-0.3, -0.25) is 9.63 Å². The van der Waals surface area contributed by atoms with Gasteiger partial charge in [-0.25, -0.2) is 10.3 Å². The molecule has 5 nitrogen and oxygen atoms in total. The zero-order valence-corrected chi connectivity index (χ0v) is 10.3. The minimum absolute atomic E-state index is 0.526. The third-order valence-electron chi connectivity index (χ3n) is 1.69. The zero-order chi connectivity index (χ0) is 12.7. The smallest absolute Gasteiger partial charge is 0.332 e. The lowest BCUT2D eigenvalue weighted by atomic mass is 10.2. The third-order valence-corrected chi connectivity index (χ3v) is 2.41. The van der Waals surface area contributed by atoms with Crippen LogP contribution in [0, 0.1) is 0 Å². The molecule has 6 heteroatoms. The molecular formula is C11H10BrNO4. The quantitative estimate of drug-likeness (QED) is 0.639. The van der Waals surface area contributed by atoms with Crippen LogP contribution >= 0.6 is 15.9 Å². The summed E-state index contributed by atoms with van der Waals surface area (Å²) >= 11 is 3.33. The van der Waals surface area contributed by atoms with E-state index in [1.54, 1.807) is 6.08 Å². The van der Waals surface area contributed by atoms with Crippen LogP contribution in [0.1, 0.15) is 5.56 Å². The maximum Gasteiger partial charge on any atom is 0.332 e. The van der Waals surface area contributed by atoms with Crippen molar-refractivity contribution in [2.24, 2.45) is 0 Å². The van der Waals surface area contributed by atoms with E-state index in [4.69, 9.17) is 5.11 Å². The van der Waals surface area contributed by atoms with Gasteiger partial charge in [0.1, 0.15) is 0 Å². The van der Waals surface area contributed by atoms with Crippen molar-refractivity contribution >= 4 is 33.9 Å². The summed E-state index contributed by atoms with van der Waals surface area (Å²) in [4.78, 5) is 25.7. The Bertz CT molecular complexity index is 445. The Morgan fingerprint density at radius 2 is 2.12 bits per heavy atom. The van der Waals surface area contributed by atoms with Gasteiger partial charge >= 0.3 is 5.97 Å². The van der Waals surface area contributed by atoms with Crippen LogP contribution < -0.4 is 5.48 Å². The summed E-state index contributed by atoms with van der Waals surface area (Å²) in [6, 6.07) is 7.37. The molecule has 1 rings (SSSR count). The van der Waals surface area contributed by atoms with Crippen LogP contribution in [0.2, 0.25) is 0 Å². The molecule has 0 saturated carbocycles. The van der Waals surface area contributed by atoms with Gasteiger partial charge in [-0.1, -0.05) is 34.1 Å². The number of carbonyl (C=O) groups excluding carboxylic acids is 1. The van der Waals surface area contributed by atoms with Crippen LogP contribution in [0.5, 0.6) is 0 Å². The number of carbonyl (C=O) groups is 2. The molecule has 0 fully saturated rings. The highest BCUT2D eigenvalue weighted by molar-refractivity contribution is 9.10. The molecule has 0 aromatic heterocycles. The number of amides is 1. The van der Waals surface area contributed by atoms with Crippen molar-refractivity contribution in [2.45, 2.75) is 0 Å². The normalized spacial score (nSPS) is 10.4. The van der Waals surface area contributed by atoms with Crippen molar-refractivity contribution in [1.29, 1.82) is 0 Å². The van der Waals surface area contributed by atoms with Crippen LogP contribution in [-0.4, -0.2) is 23.6 Å². The average molecular weight is 300 g/mol. The summed E-state index contributed by atoms with van der Waals surface area (Å²) in [6.45, 7) is -0.575. The van der Waals surface area contributed by atoms with Crippen molar-refractivity contribution in [3.8, 4) is 0 Å². The van der Waals surface area contributed by atoms with Crippen molar-refractivity contribution in [3.05, 3.63) is 40.4 Å². The monoisotopic (exact) mass is 299 g/mol. The Labute approximate surface area is 106 Å². The molecule has 0 unspecified atom stereocenters. The van der Waals surface area contributed by atoms with Crippen molar-refractivity contribution < 1.29 is 19.5 Å². The molecule has 17 heavy (non-hydrogen) atoms. The van der Waals surface area contributed by atoms with Crippen LogP contribution in [-0.2, 0) is 14.4 Å². The third kappa shape index (κ3) is 5.28. The number of hydrogen-bond donors (Lipinski definition) is 2. The Balaban J connectivity index is 2.46. The molecule has 0 aliphatic rings. The largest absolute Gasteiger partial charge is 0.479 e. The molecule has 0 spiro atoms. The van der Waals surface area contributed by atoms with Crippen LogP contribution in [0.15, 0.2) is 34.8 Å². The lowest BCUT2D eigenvalue weighted by Gasteiger charge is -2.00. The first-order valence-electron chi connectivity index (χ1n) is 4.66. The highest BCUT2D eigenvalue weighted by atomic mass is 79.9. The first kappa shape index (κ1) is 13.4. The van der Waals surface area contributed by atoms with E-state index >= 15 is 0 Å². The lowest BCUT2D eigenvalue weighted by molar-refractivity contribution is -0.147. The predicted molar refractivity (Wildman–Crippen MR) is 64.9 cm³/mol. The molecule has 1 aromatic rings. The van der Waals surface area contributed by atoms with E-state index in [0.29, 0.717) is 0 Å². The summed E-state index contributed by atoms with van der Waals surface area (Å²) < 4.78 is 0.857. The molecule has 0 saturated heterocycles. The van der Waals surface area contributed by atoms with Crippen molar-refractivity contribution in [2.75, 3.05) is 6.61 Å². The van der Waals surface area contributed by atoms with Gasteiger partial charge in [0.25, 0.3) is 5.91 Å². The predicted octanol–water partition coefficient (Wildman–Crippen LogP) is 1.59. The van der Waals surface area contributed by atoms with Gasteiger partial charge < -0.3 is 5.11 Å². The van der Waals surface area contributed by atoms with E-state index in [9.17, 15) is 9.59 Å². The van der Waals surface area contributed by atoms with E-state index in [0.717, 1.165) is 10.0 Å². The Hall–Kier alpha value is -1.66. The number of hydroxylamine groups is 1. The standard InChI is InChI=1S/C11H10BrNO4/c12-9-4-2-1-3-8(9)5-6-10(14)13-17-7-11(15)16/h1-6H,7H2,(H,13,14)(H,15,16). The molecule has 0 atom stereocenters. The van der Waals surface area contributed by atoms with E-state index < -0.39 is 18.5 Å². The Morgan fingerprint density at radius 1 is 1.41 bits per heavy atom. The summed E-state index contributed by atoms with van der Waals surface area (Å²) in [7, 11) is 0. The van der Waals surface area contributed by atoms with Gasteiger partial charge in [-0.05, 0) is 17.7 Å². The number of aliphatic carboxylic acids is 1. The second-order valence-electron chi connectivity index (χ2n) is 3.00. The number of benzene rings is 1. The van der Waals surface area contributed by atoms with Gasteiger partial charge in [0.05, 0.1) is 0 Å². The SMILES string of the molecule is O=C(O)CONC(=O)C=Cc1ccccc1Br. The van der Waals surface area contributed by atoms with Gasteiger partial charge in [0.2, 0.25) is 0 Å². The minimum Gasteiger partial charge on any atom is -0.479 e. The molecule has 1 amide bonds. The first-order valence-corrected chi connectivity index (χ1v) is 5.45. The fourth-order valence-electron chi connectivity index (χ4n) is 0.979. The molecule has 1 aromatic carbocycles. The van der Waals surface area contributed by atoms with Gasteiger partial charge in [0, 0.05) is 10.5 Å². The number of hydrogen-bond acceptors (Lipinski definition) is 3. The number of halogens is 1. The van der Waals surface area contributed by atoms with E-state index in [-0.39, 0.29) is 0 Å². The molecule has 0 heterocycles. The van der Waals surface area contributed by atoms with Gasteiger partial charge in [-0.2, -0.15) is 0 Å². The Morgan fingerprint density at radius 3 is 2.76 bits per heavy atom. The molecule has 0 aliphatic carbocycles. The van der Waals surface area contributed by atoms with Crippen LogP contribution in [0.3, 0.4) is 0 Å². The molecule has 0 aliphatic heterocycles. The number of carboxylic acid groups (broad SMARTS) is 1. The number of rotatable bonds is 5. The van der Waals surface area contributed by atoms with E-state index in [2.05, 4.69) is 20.8 Å². The summed E-state index contributed by atoms with van der Waals surface area (Å²) in [6.07, 6.45) is 2.84. The van der Waals surface area contributed by atoms with E-state index in [1.165, 1.54) is 6.08 Å². The molecule has 0 radical (unpaired) electrons. The number of nitrogens with one attached hydrogen (secondary N) is 1. The topological polar surface area (TPSA) is 75.6 Å². The molecule has 90 valence electrons. The summed E-state index contributed by atoms with van der Waals surface area (Å²) in [5.74, 6) is -1.68. The molecule has 0 bridgehead atoms. The maximum absolute atomic E-state index is 11.2. The van der Waals surface area contributed by atoms with E-state index in [1.807, 2.05) is 29.7 Å². The molecular weight excluding hydrogens is 290 g/mol. The average Bonchev–Trinajstić information content (AvgIpc) is 2.27. The van der Waals surface area contributed by atoms with Crippen molar-refractivity contribution in [3.63, 3.8) is 0 Å². The highest BCUT2D eigenvalue weighted by Gasteiger charge is 1.99. The lowest BCUT2D eigenvalue weighted by Crippen LogP contribution is -2.24. The Kier molecular flexibility index (Phi) is 5.38. The minimum atomic E-state index is -1.15. The van der Waals surface area contributed by atoms with Crippen molar-refractivity contribution in [1.82, 2.24) is 5.48 Å².